The van der Waals surface area contributed by atoms with Gasteiger partial charge in [0.05, 0.1) is 135 Å². The second kappa shape index (κ2) is 66.9. The Bertz CT molecular complexity index is 3430. The highest BCUT2D eigenvalue weighted by molar-refractivity contribution is 8.76. The number of hydrogen-bond acceptors (Lipinski definition) is 32. The predicted octanol–water partition coefficient (Wildman–Crippen LogP) is -1.78. The lowest BCUT2D eigenvalue weighted by atomic mass is 9.90. The lowest BCUT2D eigenvalue weighted by molar-refractivity contribution is -0.142. The summed E-state index contributed by atoms with van der Waals surface area (Å²) < 4.78 is 59.4. The number of ether oxygens (including phenoxy) is 11. The van der Waals surface area contributed by atoms with Crippen LogP contribution in [0.2, 0.25) is 0 Å². The number of nitrogens with two attached hydrogens (primary N) is 2. The van der Waals surface area contributed by atoms with Gasteiger partial charge < -0.3 is 117 Å². The minimum Gasteiger partial charge on any atom is -0.481 e. The van der Waals surface area contributed by atoms with Gasteiger partial charge in [-0.15, -0.1) is 11.8 Å². The quantitative estimate of drug-likeness (QED) is 0.0113. The van der Waals surface area contributed by atoms with Crippen molar-refractivity contribution in [2.75, 3.05) is 194 Å². The number of amides is 10. The first-order valence-electron chi connectivity index (χ1n) is 40.7. The summed E-state index contributed by atoms with van der Waals surface area (Å²) in [7, 11) is 1.96. The van der Waals surface area contributed by atoms with E-state index in [0.717, 1.165) is 33.3 Å². The van der Waals surface area contributed by atoms with E-state index in [9.17, 15) is 81.8 Å². The van der Waals surface area contributed by atoms with Crippen molar-refractivity contribution in [3.8, 4) is 0 Å². The number of rotatable bonds is 57. The molecule has 0 spiro atoms. The zero-order valence-corrected chi connectivity index (χ0v) is 72.7. The molecule has 0 unspecified atom stereocenters. The summed E-state index contributed by atoms with van der Waals surface area (Å²) in [6, 6.07) is 3.13. The normalized spacial score (nSPS) is 18.8. The fourth-order valence-corrected chi connectivity index (χ4v) is 14.6. The van der Waals surface area contributed by atoms with Gasteiger partial charge in [-0.25, -0.2) is 4.79 Å². The Morgan fingerprint density at radius 2 is 1.01 bits per heavy atom. The molecule has 45 heteroatoms. The van der Waals surface area contributed by atoms with Gasteiger partial charge in [-0.3, -0.25) is 82.2 Å². The molecule has 2 aliphatic heterocycles. The summed E-state index contributed by atoms with van der Waals surface area (Å²) in [5.41, 5.74) is 12.4. The van der Waals surface area contributed by atoms with Gasteiger partial charge in [-0.05, 0) is 77.7 Å². The summed E-state index contributed by atoms with van der Waals surface area (Å²) in [5, 5.41) is 41.5. The number of unbranched alkanes of at least 4 members (excludes halogenated alkanes) is 1. The maximum Gasteiger partial charge on any atom is 0.431 e. The summed E-state index contributed by atoms with van der Waals surface area (Å²) in [6.07, 6.45) is -2.30. The average Bonchev–Trinajstić information content (AvgIpc) is 1.51. The number of carbonyl (C=O) groups excluding carboxylic acids is 15. The van der Waals surface area contributed by atoms with Gasteiger partial charge in [-0.1, -0.05) is 51.9 Å². The minimum atomic E-state index is -1.55. The summed E-state index contributed by atoms with van der Waals surface area (Å²) in [6.45, 7) is 6.86. The topological polar surface area (TPSA) is 600 Å². The van der Waals surface area contributed by atoms with Crippen LogP contribution in [-0.4, -0.2) is 329 Å². The van der Waals surface area contributed by atoms with Crippen LogP contribution in [0.4, 0.5) is 4.79 Å². The monoisotopic (exact) mass is 1800 g/mol. The van der Waals surface area contributed by atoms with E-state index in [2.05, 4.69) is 47.9 Å². The van der Waals surface area contributed by atoms with Crippen molar-refractivity contribution in [2.45, 2.75) is 140 Å². The third kappa shape index (κ3) is 56.8. The van der Waals surface area contributed by atoms with Crippen LogP contribution < -0.4 is 64.8 Å². The van der Waals surface area contributed by atoms with Crippen molar-refractivity contribution in [1.29, 1.82) is 5.41 Å². The molecule has 42 nitrogen and oxygen atoms in total. The van der Waals surface area contributed by atoms with Crippen LogP contribution in [0.25, 0.3) is 0 Å². The van der Waals surface area contributed by atoms with Gasteiger partial charge in [0, 0.05) is 101 Å². The molecule has 3 rings (SSSR count). The van der Waals surface area contributed by atoms with E-state index in [1.54, 1.807) is 51.1 Å². The van der Waals surface area contributed by atoms with Crippen LogP contribution in [0.1, 0.15) is 110 Å². The van der Waals surface area contributed by atoms with Crippen molar-refractivity contribution < 1.29 is 139 Å². The molecule has 2 bridgehead atoms. The van der Waals surface area contributed by atoms with E-state index in [1.807, 2.05) is 5.48 Å². The lowest BCUT2D eigenvalue weighted by Crippen LogP contribution is -2.53. The molecule has 694 valence electrons. The number of thioether (sulfide) groups is 1. The molecule has 2 fully saturated rings. The Morgan fingerprint density at radius 3 is 1.56 bits per heavy atom. The van der Waals surface area contributed by atoms with Gasteiger partial charge in [-0.2, -0.15) is 5.48 Å². The maximum atomic E-state index is 14.9. The molecule has 0 saturated carbocycles. The third-order valence-electron chi connectivity index (χ3n) is 17.4. The Hall–Kier alpha value is -8.58. The minimum absolute atomic E-state index is 0.00496. The summed E-state index contributed by atoms with van der Waals surface area (Å²) >= 11 is 0.943. The van der Waals surface area contributed by atoms with Gasteiger partial charge in [0.2, 0.25) is 53.2 Å². The molecule has 10 amide bonds. The third-order valence-corrected chi connectivity index (χ3v) is 20.8. The first kappa shape index (κ1) is 109. The molecule has 7 atom stereocenters. The number of fused-ring (bicyclic) bond motifs is 5. The number of guanidine groups is 1. The van der Waals surface area contributed by atoms with Crippen LogP contribution in [-0.2, 0) is 135 Å². The Morgan fingerprint density at radius 1 is 0.504 bits per heavy atom. The largest absolute Gasteiger partial charge is 0.481 e. The molecule has 0 radical (unpaired) electrons. The first-order chi connectivity index (χ1) is 59.0. The summed E-state index contributed by atoms with van der Waals surface area (Å²) in [4.78, 5) is 218. The fourth-order valence-electron chi connectivity index (χ4n) is 11.3. The highest BCUT2D eigenvalue weighted by Gasteiger charge is 2.36. The van der Waals surface area contributed by atoms with Crippen molar-refractivity contribution in [2.24, 2.45) is 29.2 Å². The van der Waals surface area contributed by atoms with E-state index < -0.39 is 188 Å². The van der Waals surface area contributed by atoms with E-state index in [0.29, 0.717) is 51.6 Å². The van der Waals surface area contributed by atoms with Gasteiger partial charge >= 0.3 is 12.1 Å². The number of nitrogens with one attached hydrogen (secondary N) is 11. The van der Waals surface area contributed by atoms with Crippen LogP contribution in [0.15, 0.2) is 30.3 Å². The zero-order valence-electron chi connectivity index (χ0n) is 70.3. The standard InChI is InChI=1S/C78H125N13O29S3/c1-78(2,3)120-77(108)91-119-48-69(100)84-21-25-112-29-33-115-35-37-116-36-34-114-32-28-111-24-20-83-68(99)47-118-46-67(98)82-18-8-7-16-59-75(107)90-62-51-123-122-50-61(89-74(106)56(42-71(102)103)39-58(93)43-86-72(104)54(40-64(62)95)14-9-19-85-76(80)81)65(96)41-55(38-53-12-5-4-6-13-53)73(105)88-60(49-121-52-70(101)87-59)63(94)17-11-23-110-27-31-113-30-26-109-22-10-15-57(92)44-117-45-66(79)97/h4-6,12-13,54-56,59-62H,7-11,14-52H2,1-3H3,(H2,79,97)(H,82,98)(H,83,99)(H,84,100)(H,86,104)(H,87,101)(H,88,105)(H,89,106)(H,90,107)(H,91,108)(H,102,103)(H4,80,81,85)/t54-,55-,56+,59+,60+,61+,62+/m1/s1. The van der Waals surface area contributed by atoms with Gasteiger partial charge in [0.15, 0.2) is 41.5 Å². The second-order valence-corrected chi connectivity index (χ2v) is 32.6. The molecular formula is C78H125N13O29S3. The molecule has 16 N–H and O–H groups in total. The Kier molecular flexibility index (Phi) is 59.0. The van der Waals surface area contributed by atoms with Crippen molar-refractivity contribution >= 4 is 133 Å². The number of carboxylic acid groups (broad SMARTS) is 1. The van der Waals surface area contributed by atoms with E-state index in [1.165, 1.54) is 0 Å². The van der Waals surface area contributed by atoms with Crippen LogP contribution in [0.3, 0.4) is 0 Å². The SMILES string of the molecule is CC(C)(C)OC(=O)NOCC(=O)NCCOCCOCCOCCOCCOCCNC(=O)COCC(=O)NCCCC[C@@H]1NC(=O)CSC[C@@H](C(=O)CCCOCCOCCOCCCC(=O)COCC(N)=O)NC(=O)[C@H](Cc2ccccc2)CC(=O)[C@@H]2CSSC[C@H](NC1=O)C(=O)C[C@@H](CCCNC(=N)N)C(=O)NCC(=O)C[C@@H](CC(=O)O)C(=O)N2. The van der Waals surface area contributed by atoms with Crippen LogP contribution in [0.5, 0.6) is 0 Å². The van der Waals surface area contributed by atoms with Crippen LogP contribution >= 0.6 is 33.3 Å². The molecule has 0 aromatic heterocycles. The smallest absolute Gasteiger partial charge is 0.431 e. The van der Waals surface area contributed by atoms with Crippen LogP contribution in [0, 0.1) is 23.2 Å². The van der Waals surface area contributed by atoms with E-state index >= 15 is 0 Å². The predicted molar refractivity (Wildman–Crippen MR) is 448 cm³/mol. The lowest BCUT2D eigenvalue weighted by Gasteiger charge is -2.26. The molecule has 2 aliphatic rings. The zero-order chi connectivity index (χ0) is 90.3. The van der Waals surface area contributed by atoms with E-state index in [4.69, 9.17) is 73.8 Å². The molecule has 123 heavy (non-hydrogen) atoms. The molecule has 1 aromatic rings. The first-order valence-corrected chi connectivity index (χ1v) is 44.3. The number of benzene rings is 1. The number of aliphatic carboxylic acids is 1. The molecule has 0 aliphatic carbocycles. The molecule has 1 aromatic carbocycles. The number of ketones is 5. The van der Waals surface area contributed by atoms with Crippen molar-refractivity contribution in [3.05, 3.63) is 35.9 Å². The number of carboxylic acids is 1. The molecule has 2 heterocycles. The Balaban J connectivity index is 1.67. The molecular weight excluding hydrogens is 1680 g/mol. The average molecular weight is 1810 g/mol. The maximum absolute atomic E-state index is 14.9. The van der Waals surface area contributed by atoms with Gasteiger partial charge in [0.25, 0.3) is 0 Å². The fraction of sp³-hybridized carbons (Fsp3) is 0.705. The summed E-state index contributed by atoms with van der Waals surface area (Å²) in [5.74, 6) is -15.9. The highest BCUT2D eigenvalue weighted by atomic mass is 33.1. The number of hydroxylamine groups is 1. The number of primary amides is 1. The molecule has 2 saturated heterocycles. The van der Waals surface area contributed by atoms with E-state index in [-0.39, 0.29) is 198 Å². The van der Waals surface area contributed by atoms with Gasteiger partial charge in [0.1, 0.15) is 38.1 Å². The number of hydrogen-bond donors (Lipinski definition) is 14. The van der Waals surface area contributed by atoms with Crippen molar-refractivity contribution in [1.82, 2.24) is 53.3 Å². The number of carbonyl (C=O) groups is 16. The number of Topliss-reactive ketones (excluding diaryl/α,β-unsaturated/α-hetero) is 5. The highest BCUT2D eigenvalue weighted by Crippen LogP contribution is 2.27. The van der Waals surface area contributed by atoms with Crippen molar-refractivity contribution in [3.63, 3.8) is 0 Å². The Labute approximate surface area is 727 Å². The second-order valence-electron chi connectivity index (χ2n) is 29.1.